The topological polar surface area (TPSA) is 30.5 Å². The Morgan fingerprint density at radius 3 is 2.19 bits per heavy atom. The van der Waals surface area contributed by atoms with Crippen LogP contribution in [0.25, 0.3) is 10.8 Å². The van der Waals surface area contributed by atoms with Gasteiger partial charge in [0.05, 0.1) is 0 Å². The molecule has 0 bridgehead atoms. The third-order valence-electron chi connectivity index (χ3n) is 4.60. The number of hydrogen-bond acceptors (Lipinski definition) is 3. The van der Waals surface area contributed by atoms with Crippen molar-refractivity contribution in [2.45, 2.75) is 6.54 Å². The van der Waals surface area contributed by atoms with Crippen LogP contribution in [0.3, 0.4) is 0 Å². The fourth-order valence-corrected chi connectivity index (χ4v) is 3.28. The molecule has 126 valence electrons. The third-order valence-corrected chi connectivity index (χ3v) is 4.60. The minimum absolute atomic E-state index is 0.728. The maximum Gasteiger partial charge on any atom is 0.172 e. The van der Waals surface area contributed by atoms with E-state index < -0.39 is 0 Å². The Hall–Kier alpha value is -3.46. The molecular weight excluding hydrogens is 322 g/mol. The molecule has 1 heterocycles. The van der Waals surface area contributed by atoms with Gasteiger partial charge in [-0.1, -0.05) is 54.6 Å². The highest BCUT2D eigenvalue weighted by molar-refractivity contribution is 5.85. The summed E-state index contributed by atoms with van der Waals surface area (Å²) in [7, 11) is 0. The zero-order chi connectivity index (χ0) is 17.3. The largest absolute Gasteiger partial charge is 0.450 e. The van der Waals surface area contributed by atoms with Crippen molar-refractivity contribution in [3.05, 3.63) is 90.5 Å². The van der Waals surface area contributed by atoms with Gasteiger partial charge in [0, 0.05) is 18.3 Å². The Labute approximate surface area is 151 Å². The Bertz CT molecular complexity index is 1100. The lowest BCUT2D eigenvalue weighted by molar-refractivity contribution is 0.360. The standard InChI is InChI=1S/C23H17NO2/c1-2-9-19-16(6-1)7-5-8-17(19)15-24-18-12-13-22-23(14-18)26-21-11-4-3-10-20(21)25-22/h1-14,24H,15H2. The van der Waals surface area contributed by atoms with E-state index >= 15 is 0 Å². The van der Waals surface area contributed by atoms with Crippen LogP contribution in [0, 0.1) is 0 Å². The first-order chi connectivity index (χ1) is 12.9. The Morgan fingerprint density at radius 1 is 0.615 bits per heavy atom. The lowest BCUT2D eigenvalue weighted by atomic mass is 10.0. The summed E-state index contributed by atoms with van der Waals surface area (Å²) >= 11 is 0. The number of nitrogens with one attached hydrogen (secondary N) is 1. The van der Waals surface area contributed by atoms with E-state index in [2.05, 4.69) is 47.8 Å². The van der Waals surface area contributed by atoms with Crippen molar-refractivity contribution in [1.29, 1.82) is 0 Å². The molecule has 0 saturated heterocycles. The molecule has 0 aliphatic carbocycles. The maximum absolute atomic E-state index is 5.98. The van der Waals surface area contributed by atoms with E-state index in [-0.39, 0.29) is 0 Å². The smallest absolute Gasteiger partial charge is 0.172 e. The van der Waals surface area contributed by atoms with Crippen molar-refractivity contribution in [3.63, 3.8) is 0 Å². The molecule has 0 unspecified atom stereocenters. The number of para-hydroxylation sites is 2. The predicted molar refractivity (Wildman–Crippen MR) is 104 cm³/mol. The summed E-state index contributed by atoms with van der Waals surface area (Å²) in [6.07, 6.45) is 0. The Balaban J connectivity index is 1.39. The number of rotatable bonds is 3. The summed E-state index contributed by atoms with van der Waals surface area (Å²) in [6, 6.07) is 28.5. The summed E-state index contributed by atoms with van der Waals surface area (Å²) in [4.78, 5) is 0. The Kier molecular flexibility index (Phi) is 3.49. The van der Waals surface area contributed by atoms with Crippen molar-refractivity contribution in [1.82, 2.24) is 0 Å². The van der Waals surface area contributed by atoms with Crippen molar-refractivity contribution in [2.75, 3.05) is 5.32 Å². The van der Waals surface area contributed by atoms with Crippen LogP contribution in [0.4, 0.5) is 5.69 Å². The van der Waals surface area contributed by atoms with Gasteiger partial charge in [0.1, 0.15) is 0 Å². The van der Waals surface area contributed by atoms with E-state index in [9.17, 15) is 0 Å². The average molecular weight is 339 g/mol. The molecule has 4 aromatic carbocycles. The van der Waals surface area contributed by atoms with Crippen LogP contribution in [0.2, 0.25) is 0 Å². The van der Waals surface area contributed by atoms with Crippen molar-refractivity contribution < 1.29 is 9.47 Å². The minimum atomic E-state index is 0.728. The molecule has 3 heteroatoms. The highest BCUT2D eigenvalue weighted by atomic mass is 16.6. The van der Waals surface area contributed by atoms with E-state index in [4.69, 9.17) is 9.47 Å². The van der Waals surface area contributed by atoms with Gasteiger partial charge < -0.3 is 14.8 Å². The lowest BCUT2D eigenvalue weighted by Gasteiger charge is -2.21. The van der Waals surface area contributed by atoms with Gasteiger partial charge in [0.2, 0.25) is 0 Å². The van der Waals surface area contributed by atoms with Crippen LogP contribution in [-0.2, 0) is 6.54 Å². The van der Waals surface area contributed by atoms with Crippen molar-refractivity contribution in [3.8, 4) is 23.0 Å². The van der Waals surface area contributed by atoms with Crippen LogP contribution in [0.1, 0.15) is 5.56 Å². The van der Waals surface area contributed by atoms with Crippen LogP contribution in [0.15, 0.2) is 84.9 Å². The molecule has 0 fully saturated rings. The first kappa shape index (κ1) is 14.8. The fraction of sp³-hybridized carbons (Fsp3) is 0.0435. The first-order valence-corrected chi connectivity index (χ1v) is 8.66. The van der Waals surface area contributed by atoms with Crippen molar-refractivity contribution >= 4 is 16.5 Å². The Morgan fingerprint density at radius 2 is 1.31 bits per heavy atom. The lowest BCUT2D eigenvalue weighted by Crippen LogP contribution is -2.02. The van der Waals surface area contributed by atoms with Gasteiger partial charge in [-0.15, -0.1) is 0 Å². The fourth-order valence-electron chi connectivity index (χ4n) is 3.28. The second-order valence-corrected chi connectivity index (χ2v) is 6.30. The van der Waals surface area contributed by atoms with Crippen LogP contribution >= 0.6 is 0 Å². The number of anilines is 1. The molecule has 0 atom stereocenters. The number of benzene rings is 4. The number of ether oxygens (including phenoxy) is 2. The predicted octanol–water partition coefficient (Wildman–Crippen LogP) is 6.35. The van der Waals surface area contributed by atoms with Gasteiger partial charge in [0.15, 0.2) is 23.0 Å². The van der Waals surface area contributed by atoms with E-state index in [1.165, 1.54) is 16.3 Å². The third kappa shape index (κ3) is 2.64. The van der Waals surface area contributed by atoms with Crippen LogP contribution < -0.4 is 14.8 Å². The molecule has 0 aromatic heterocycles. The molecule has 1 N–H and O–H groups in total. The molecule has 26 heavy (non-hydrogen) atoms. The normalized spacial score (nSPS) is 11.8. The van der Waals surface area contributed by atoms with E-state index in [0.717, 1.165) is 35.2 Å². The second-order valence-electron chi connectivity index (χ2n) is 6.30. The monoisotopic (exact) mass is 339 g/mol. The zero-order valence-corrected chi connectivity index (χ0v) is 14.1. The molecule has 0 saturated carbocycles. The van der Waals surface area contributed by atoms with Gasteiger partial charge in [-0.05, 0) is 40.6 Å². The van der Waals surface area contributed by atoms with Gasteiger partial charge in [-0.25, -0.2) is 0 Å². The number of fused-ring (bicyclic) bond motifs is 3. The molecule has 1 aliphatic rings. The maximum atomic E-state index is 5.98. The van der Waals surface area contributed by atoms with E-state index in [1.807, 2.05) is 42.5 Å². The average Bonchev–Trinajstić information content (AvgIpc) is 2.70. The summed E-state index contributed by atoms with van der Waals surface area (Å²) in [5.41, 5.74) is 2.27. The molecule has 0 amide bonds. The summed E-state index contributed by atoms with van der Waals surface area (Å²) in [6.45, 7) is 0.748. The van der Waals surface area contributed by atoms with Gasteiger partial charge >= 0.3 is 0 Å². The summed E-state index contributed by atoms with van der Waals surface area (Å²) in [5, 5.41) is 6.02. The minimum Gasteiger partial charge on any atom is -0.450 e. The molecule has 5 rings (SSSR count). The highest BCUT2D eigenvalue weighted by Gasteiger charge is 2.18. The van der Waals surface area contributed by atoms with E-state index in [0.29, 0.717) is 0 Å². The SMILES string of the molecule is c1ccc2c(c1)Oc1ccc(NCc3cccc4ccccc34)cc1O2. The zero-order valence-electron chi connectivity index (χ0n) is 14.1. The number of hydrogen-bond donors (Lipinski definition) is 1. The molecule has 1 aliphatic heterocycles. The van der Waals surface area contributed by atoms with Gasteiger partial charge in [-0.2, -0.15) is 0 Å². The highest BCUT2D eigenvalue weighted by Crippen LogP contribution is 2.45. The quantitative estimate of drug-likeness (QED) is 0.415. The summed E-state index contributed by atoms with van der Waals surface area (Å²) < 4.78 is 11.9. The summed E-state index contributed by atoms with van der Waals surface area (Å²) in [5.74, 6) is 2.95. The molecule has 0 spiro atoms. The van der Waals surface area contributed by atoms with Crippen LogP contribution in [0.5, 0.6) is 23.0 Å². The second kappa shape index (κ2) is 6.12. The van der Waals surface area contributed by atoms with Gasteiger partial charge in [0.25, 0.3) is 0 Å². The first-order valence-electron chi connectivity index (χ1n) is 8.66. The van der Waals surface area contributed by atoms with Crippen LogP contribution in [-0.4, -0.2) is 0 Å². The molecule has 0 radical (unpaired) electrons. The van der Waals surface area contributed by atoms with Crippen molar-refractivity contribution in [2.24, 2.45) is 0 Å². The van der Waals surface area contributed by atoms with Gasteiger partial charge in [-0.3, -0.25) is 0 Å². The molecule has 4 aromatic rings. The molecule has 3 nitrogen and oxygen atoms in total. The molecular formula is C23H17NO2. The van der Waals surface area contributed by atoms with E-state index in [1.54, 1.807) is 0 Å².